The molecule has 6 heterocycles. The van der Waals surface area contributed by atoms with Crippen LogP contribution in [0.1, 0.15) is 0 Å². The fourth-order valence-electron chi connectivity index (χ4n) is 19.0. The highest BCUT2D eigenvalue weighted by Gasteiger charge is 2.34. The van der Waals surface area contributed by atoms with Crippen LogP contribution in [-0.4, -0.2) is 33.3 Å². The molecule has 116 heavy (non-hydrogen) atoms. The fraction of sp³-hybridized carbons (Fsp3) is 0. The van der Waals surface area contributed by atoms with E-state index >= 15 is 0 Å². The van der Waals surface area contributed by atoms with Gasteiger partial charge in [-0.15, -0.1) is 4.68 Å². The minimum Gasteiger partial charge on any atom is -0.309 e. The van der Waals surface area contributed by atoms with Crippen molar-refractivity contribution in [1.82, 2.24) is 33.3 Å². The lowest BCUT2D eigenvalue weighted by Crippen LogP contribution is -2.41. The van der Waals surface area contributed by atoms with Crippen molar-refractivity contribution in [2.45, 2.75) is 0 Å². The molecule has 6 aromatic heterocycles. The van der Waals surface area contributed by atoms with Gasteiger partial charge >= 0.3 is 0 Å². The maximum atomic E-state index is 5.04. The van der Waals surface area contributed by atoms with Crippen molar-refractivity contribution in [3.63, 3.8) is 0 Å². The smallest absolute Gasteiger partial charge is 0.208 e. The summed E-state index contributed by atoms with van der Waals surface area (Å²) in [6, 6.07) is 142. The molecular weight excluding hydrogens is 1410 g/mol. The lowest BCUT2D eigenvalue weighted by molar-refractivity contribution is -0.719. The van der Waals surface area contributed by atoms with Crippen molar-refractivity contribution in [3.8, 4) is 129 Å². The van der Waals surface area contributed by atoms with Gasteiger partial charge in [0.25, 0.3) is 0 Å². The standard InChI is InChI=1S/C57H35N5.C51H32N3/c1-4-16-37(17-5-1)55-58-56(38-18-6-2-7-19-38)60-57(59-55)39-32-34-41(35-33-39)62-49-31-15-25-43(51(49)52-46-28-12-20-36-21-13-29-47(50(36)46)54(52)62)45-27-14-26-44-42-24-10-11-30-48(42)61(53(44)45)40-22-8-3-9-23-40;1-3-13-33(14-4-1)45-32-52(31-37-15-7-8-20-39(37)45)54-47-24-10-9-21-40(47)43-29-35(26-28-48(43)54)36-25-27-46-44(30-36)50-41-22-11-16-34-17-12-23-42(49(34)41)51(50)53(46)38-18-5-2-6-19-38/h1-35H;1-32H/q;+1. The first-order valence-corrected chi connectivity index (χ1v) is 39.6. The van der Waals surface area contributed by atoms with Crippen molar-refractivity contribution in [2.24, 2.45) is 0 Å². The molecule has 8 heteroatoms. The molecule has 0 amide bonds. The lowest BCUT2D eigenvalue weighted by Gasteiger charge is -2.15. The second kappa shape index (κ2) is 26.0. The van der Waals surface area contributed by atoms with Gasteiger partial charge < -0.3 is 13.7 Å². The first-order valence-electron chi connectivity index (χ1n) is 39.6. The van der Waals surface area contributed by atoms with Gasteiger partial charge in [0.1, 0.15) is 11.0 Å². The van der Waals surface area contributed by atoms with Crippen molar-refractivity contribution < 1.29 is 4.68 Å². The largest absolute Gasteiger partial charge is 0.309 e. The molecule has 0 atom stereocenters. The third-order valence-corrected chi connectivity index (χ3v) is 24.0. The van der Waals surface area contributed by atoms with Crippen molar-refractivity contribution in [3.05, 3.63) is 407 Å². The van der Waals surface area contributed by atoms with Crippen LogP contribution in [0.5, 0.6) is 0 Å². The molecule has 0 N–H and O–H groups in total. The first kappa shape index (κ1) is 65.1. The summed E-state index contributed by atoms with van der Waals surface area (Å²) in [5.74, 6) is 1.92. The average molecular weight is 1480 g/mol. The van der Waals surface area contributed by atoms with Gasteiger partial charge in [-0.1, -0.05) is 302 Å². The summed E-state index contributed by atoms with van der Waals surface area (Å²) in [4.78, 5) is 15.0. The molecule has 0 aliphatic heterocycles. The highest BCUT2D eigenvalue weighted by molar-refractivity contribution is 6.27. The van der Waals surface area contributed by atoms with Crippen LogP contribution in [0.25, 0.3) is 227 Å². The number of fused-ring (bicyclic) bond motifs is 17. The van der Waals surface area contributed by atoms with Crippen LogP contribution in [0.3, 0.4) is 0 Å². The van der Waals surface area contributed by atoms with E-state index in [1.54, 1.807) is 0 Å². The molecule has 17 aromatic carbocycles. The summed E-state index contributed by atoms with van der Waals surface area (Å²) >= 11 is 0. The molecule has 0 radical (unpaired) electrons. The predicted molar refractivity (Wildman–Crippen MR) is 479 cm³/mol. The molecule has 538 valence electrons. The van der Waals surface area contributed by atoms with Crippen LogP contribution in [0.2, 0.25) is 0 Å². The molecule has 0 saturated heterocycles. The van der Waals surface area contributed by atoms with E-state index in [0.29, 0.717) is 17.5 Å². The zero-order valence-corrected chi connectivity index (χ0v) is 62.8. The highest BCUT2D eigenvalue weighted by Crippen LogP contribution is 2.57. The maximum Gasteiger partial charge on any atom is 0.208 e. The SMILES string of the molecule is c1ccc(-c2c[n+](-n3c4ccccc4c4cc(-c5ccc6c(c5)c5c(n6-c6ccccc6)-c6cccc7cccc-5c67)ccc43)cc3ccccc23)cc1.c1ccc(-c2nc(-c3ccccc3)nc(-c3ccc(-n4c5c(c6c(-c7cccc8c9ccccc9n(-c9ccccc9)c78)cccc64)-c4cccc6cccc-5c46)cc3)n2)cc1. The van der Waals surface area contributed by atoms with E-state index < -0.39 is 0 Å². The van der Waals surface area contributed by atoms with Gasteiger partial charge in [-0.05, 0) is 152 Å². The maximum absolute atomic E-state index is 5.04. The van der Waals surface area contributed by atoms with E-state index in [0.717, 1.165) is 33.6 Å². The molecule has 2 aliphatic carbocycles. The summed E-state index contributed by atoms with van der Waals surface area (Å²) in [5, 5.41) is 15.1. The molecule has 25 rings (SSSR count). The Hall–Kier alpha value is -15.6. The van der Waals surface area contributed by atoms with Crippen LogP contribution in [-0.2, 0) is 0 Å². The van der Waals surface area contributed by atoms with E-state index in [4.69, 9.17) is 15.0 Å². The number of rotatable bonds is 10. The van der Waals surface area contributed by atoms with Gasteiger partial charge in [-0.3, -0.25) is 0 Å². The second-order valence-corrected chi connectivity index (χ2v) is 30.3. The van der Waals surface area contributed by atoms with E-state index in [9.17, 15) is 0 Å². The normalized spacial score (nSPS) is 12.0. The topological polar surface area (TPSA) is 62.3 Å². The number of nitrogens with zero attached hydrogens (tertiary/aromatic N) is 8. The lowest BCUT2D eigenvalue weighted by atomic mass is 9.94. The monoisotopic (exact) mass is 1480 g/mol. The van der Waals surface area contributed by atoms with E-state index in [-0.39, 0.29) is 0 Å². The predicted octanol–water partition coefficient (Wildman–Crippen LogP) is 27.0. The van der Waals surface area contributed by atoms with Gasteiger partial charge in [-0.25, -0.2) is 15.0 Å². The van der Waals surface area contributed by atoms with Crippen LogP contribution >= 0.6 is 0 Å². The third kappa shape index (κ3) is 10.00. The molecule has 23 aromatic rings. The summed E-state index contributed by atoms with van der Waals surface area (Å²) < 4.78 is 12.0. The number of pyridine rings is 1. The molecule has 2 aliphatic rings. The molecule has 0 bridgehead atoms. The molecule has 0 saturated carbocycles. The first-order chi connectivity index (χ1) is 57.6. The Morgan fingerprint density at radius 2 is 0.603 bits per heavy atom. The van der Waals surface area contributed by atoms with E-state index in [2.05, 4.69) is 369 Å². The molecule has 8 nitrogen and oxygen atoms in total. The summed E-state index contributed by atoms with van der Waals surface area (Å²) in [7, 11) is 0. The van der Waals surface area contributed by atoms with Crippen LogP contribution in [0.15, 0.2) is 407 Å². The fourth-order valence-corrected chi connectivity index (χ4v) is 19.0. The quantitative estimate of drug-likeness (QED) is 0.128. The number of aromatic nitrogens is 8. The minimum atomic E-state index is 0.633. The molecule has 0 spiro atoms. The van der Waals surface area contributed by atoms with Crippen molar-refractivity contribution in [2.75, 3.05) is 0 Å². The average Bonchev–Trinajstić information content (AvgIpc) is 1.54. The Morgan fingerprint density at radius 3 is 1.23 bits per heavy atom. The van der Waals surface area contributed by atoms with Crippen molar-refractivity contribution in [1.29, 1.82) is 0 Å². The Morgan fingerprint density at radius 1 is 0.207 bits per heavy atom. The number of benzene rings is 17. The molecule has 0 unspecified atom stereocenters. The zero-order valence-electron chi connectivity index (χ0n) is 62.8. The molecule has 0 fully saturated rings. The summed E-state index contributed by atoms with van der Waals surface area (Å²) in [6.45, 7) is 0. The van der Waals surface area contributed by atoms with Gasteiger partial charge in [0.2, 0.25) is 12.4 Å². The van der Waals surface area contributed by atoms with Crippen LogP contribution in [0.4, 0.5) is 0 Å². The van der Waals surface area contributed by atoms with Crippen molar-refractivity contribution >= 4 is 97.7 Å². The summed E-state index contributed by atoms with van der Waals surface area (Å²) in [5.41, 5.74) is 30.7. The van der Waals surface area contributed by atoms with Gasteiger partial charge in [0.05, 0.1) is 39.0 Å². The third-order valence-electron chi connectivity index (χ3n) is 24.0. The highest BCUT2D eigenvalue weighted by atomic mass is 15.4. The Bertz CT molecular complexity index is 7910. The Kier molecular flexibility index (Phi) is 14.6. The second-order valence-electron chi connectivity index (χ2n) is 30.3. The zero-order chi connectivity index (χ0) is 76.1. The summed E-state index contributed by atoms with van der Waals surface area (Å²) in [6.07, 6.45) is 4.54. The van der Waals surface area contributed by atoms with Crippen LogP contribution in [0, 0.1) is 0 Å². The van der Waals surface area contributed by atoms with E-state index in [1.165, 1.54) is 176 Å². The van der Waals surface area contributed by atoms with E-state index in [1.807, 2.05) is 60.7 Å². The Labute approximate surface area is 667 Å². The minimum absolute atomic E-state index is 0.633. The van der Waals surface area contributed by atoms with Gasteiger partial charge in [-0.2, -0.15) is 0 Å². The number of hydrogen-bond donors (Lipinski definition) is 0. The number of hydrogen-bond acceptors (Lipinski definition) is 3. The molecular formula is C108H67N8+. The van der Waals surface area contributed by atoms with Gasteiger partial charge in [0, 0.05) is 105 Å². The van der Waals surface area contributed by atoms with Gasteiger partial charge in [0.15, 0.2) is 17.5 Å². The number of para-hydroxylation sites is 5. The Balaban J connectivity index is 0.000000134. The van der Waals surface area contributed by atoms with Crippen LogP contribution < -0.4 is 4.68 Å².